The number of alkyl halides is 1. The largest absolute Gasteiger partial charge is 0.265 e. The Bertz CT molecular complexity index is 758. The number of halogens is 2. The molecule has 0 spiro atoms. The Balaban J connectivity index is 2.50. The number of hydrogen-bond acceptors (Lipinski definition) is 2. The van der Waals surface area contributed by atoms with Crippen LogP contribution in [-0.2, 0) is 10.0 Å². The van der Waals surface area contributed by atoms with Crippen LogP contribution in [-0.4, -0.2) is 20.3 Å². The number of rotatable bonds is 5. The first-order valence-electron chi connectivity index (χ1n) is 6.78. The van der Waals surface area contributed by atoms with Gasteiger partial charge in [0.15, 0.2) is 0 Å². The molecule has 0 aliphatic carbocycles. The number of sulfonamides is 1. The molecular formula is C16H17Br2NO2S. The third-order valence-electron chi connectivity index (χ3n) is 3.34. The predicted octanol–water partition coefficient (Wildman–Crippen LogP) is 4.66. The van der Waals surface area contributed by atoms with E-state index in [0.29, 0.717) is 22.5 Å². The molecule has 0 aliphatic heterocycles. The van der Waals surface area contributed by atoms with Crippen molar-refractivity contribution in [1.29, 1.82) is 0 Å². The summed E-state index contributed by atoms with van der Waals surface area (Å²) in [6, 6.07) is 12.5. The smallest absolute Gasteiger partial charge is 0.264 e. The normalized spacial score (nSPS) is 11.5. The Kier molecular flexibility index (Phi) is 5.69. The fourth-order valence-corrected chi connectivity index (χ4v) is 4.45. The second-order valence-corrected chi connectivity index (χ2v) is 8.52. The van der Waals surface area contributed by atoms with E-state index in [-0.39, 0.29) is 0 Å². The van der Waals surface area contributed by atoms with Gasteiger partial charge >= 0.3 is 0 Å². The van der Waals surface area contributed by atoms with Gasteiger partial charge in [-0.15, -0.1) is 0 Å². The van der Waals surface area contributed by atoms with Crippen LogP contribution in [0.3, 0.4) is 0 Å². The molecule has 0 radical (unpaired) electrons. The van der Waals surface area contributed by atoms with Gasteiger partial charge in [-0.25, -0.2) is 8.42 Å². The van der Waals surface area contributed by atoms with Crippen molar-refractivity contribution in [2.24, 2.45) is 0 Å². The molecule has 0 amide bonds. The maximum absolute atomic E-state index is 12.9. The van der Waals surface area contributed by atoms with Gasteiger partial charge in [-0.05, 0) is 43.7 Å². The van der Waals surface area contributed by atoms with Gasteiger partial charge in [0.2, 0.25) is 0 Å². The third kappa shape index (κ3) is 3.73. The van der Waals surface area contributed by atoms with Gasteiger partial charge in [-0.2, -0.15) is 0 Å². The fourth-order valence-electron chi connectivity index (χ4n) is 2.04. The van der Waals surface area contributed by atoms with Gasteiger partial charge in [-0.3, -0.25) is 4.31 Å². The van der Waals surface area contributed by atoms with Gasteiger partial charge < -0.3 is 0 Å². The molecule has 2 rings (SSSR count). The number of nitrogens with zero attached hydrogens (tertiary/aromatic N) is 1. The molecule has 118 valence electrons. The molecule has 0 N–H and O–H groups in total. The molecular weight excluding hydrogens is 430 g/mol. The lowest BCUT2D eigenvalue weighted by Crippen LogP contribution is -2.32. The van der Waals surface area contributed by atoms with Crippen molar-refractivity contribution >= 4 is 47.6 Å². The lowest BCUT2D eigenvalue weighted by atomic mass is 10.2. The standard InChI is InChI=1S/C16H17Br2NO2S/c1-12-3-7-15(8-4-12)22(20,21)19(10-9-17)14-6-5-13(2)16(18)11-14/h3-8,11H,9-10H2,1-2H3. The Morgan fingerprint density at radius 2 is 1.68 bits per heavy atom. The van der Waals surface area contributed by atoms with Crippen LogP contribution < -0.4 is 4.31 Å². The number of benzene rings is 2. The summed E-state index contributed by atoms with van der Waals surface area (Å²) in [6.45, 7) is 4.27. The highest BCUT2D eigenvalue weighted by molar-refractivity contribution is 9.10. The van der Waals surface area contributed by atoms with Gasteiger partial charge in [-0.1, -0.05) is 55.6 Å². The minimum absolute atomic E-state index is 0.302. The summed E-state index contributed by atoms with van der Waals surface area (Å²) in [7, 11) is -3.58. The quantitative estimate of drug-likeness (QED) is 0.626. The summed E-state index contributed by atoms with van der Waals surface area (Å²) >= 11 is 6.80. The van der Waals surface area contributed by atoms with Crippen LogP contribution in [0.1, 0.15) is 11.1 Å². The second-order valence-electron chi connectivity index (χ2n) is 5.01. The average molecular weight is 447 g/mol. The van der Waals surface area contributed by atoms with E-state index in [4.69, 9.17) is 0 Å². The third-order valence-corrected chi connectivity index (χ3v) is 6.39. The zero-order valence-electron chi connectivity index (χ0n) is 12.4. The minimum Gasteiger partial charge on any atom is -0.265 e. The topological polar surface area (TPSA) is 37.4 Å². The predicted molar refractivity (Wildman–Crippen MR) is 98.4 cm³/mol. The van der Waals surface area contributed by atoms with Crippen LogP contribution in [0.5, 0.6) is 0 Å². The highest BCUT2D eigenvalue weighted by Gasteiger charge is 2.24. The summed E-state index contributed by atoms with van der Waals surface area (Å²) < 4.78 is 28.2. The zero-order chi connectivity index (χ0) is 16.3. The summed E-state index contributed by atoms with van der Waals surface area (Å²) in [5.74, 6) is 0. The van der Waals surface area contributed by atoms with Crippen molar-refractivity contribution < 1.29 is 8.42 Å². The highest BCUT2D eigenvalue weighted by Crippen LogP contribution is 2.28. The van der Waals surface area contributed by atoms with Gasteiger partial charge in [0.1, 0.15) is 0 Å². The van der Waals surface area contributed by atoms with E-state index in [1.807, 2.05) is 44.2 Å². The van der Waals surface area contributed by atoms with Crippen LogP contribution in [0.2, 0.25) is 0 Å². The van der Waals surface area contributed by atoms with E-state index in [2.05, 4.69) is 31.9 Å². The maximum Gasteiger partial charge on any atom is 0.264 e. The first-order valence-corrected chi connectivity index (χ1v) is 10.1. The van der Waals surface area contributed by atoms with Crippen molar-refractivity contribution in [3.05, 3.63) is 58.1 Å². The Morgan fingerprint density at radius 3 is 2.23 bits per heavy atom. The zero-order valence-corrected chi connectivity index (χ0v) is 16.4. The van der Waals surface area contributed by atoms with E-state index in [1.165, 1.54) is 4.31 Å². The van der Waals surface area contributed by atoms with E-state index < -0.39 is 10.0 Å². The van der Waals surface area contributed by atoms with Crippen molar-refractivity contribution in [2.45, 2.75) is 18.7 Å². The molecule has 0 saturated heterocycles. The van der Waals surface area contributed by atoms with Crippen LogP contribution in [0.25, 0.3) is 0 Å². The monoisotopic (exact) mass is 445 g/mol. The lowest BCUT2D eigenvalue weighted by Gasteiger charge is -2.24. The van der Waals surface area contributed by atoms with Crippen molar-refractivity contribution in [3.8, 4) is 0 Å². The molecule has 0 unspecified atom stereocenters. The van der Waals surface area contributed by atoms with Crippen LogP contribution >= 0.6 is 31.9 Å². The second kappa shape index (κ2) is 7.15. The average Bonchev–Trinajstić information content (AvgIpc) is 2.48. The van der Waals surface area contributed by atoms with Gasteiger partial charge in [0, 0.05) is 16.3 Å². The van der Waals surface area contributed by atoms with E-state index in [9.17, 15) is 8.42 Å². The Hall–Kier alpha value is -0.850. The van der Waals surface area contributed by atoms with Crippen LogP contribution in [0.15, 0.2) is 51.8 Å². The summed E-state index contributed by atoms with van der Waals surface area (Å²) in [5.41, 5.74) is 2.75. The van der Waals surface area contributed by atoms with E-state index in [0.717, 1.165) is 15.6 Å². The van der Waals surface area contributed by atoms with Crippen LogP contribution in [0.4, 0.5) is 5.69 Å². The summed E-state index contributed by atoms with van der Waals surface area (Å²) in [5, 5.41) is 0.559. The molecule has 0 bridgehead atoms. The van der Waals surface area contributed by atoms with Gasteiger partial charge in [0.25, 0.3) is 10.0 Å². The fraction of sp³-hybridized carbons (Fsp3) is 0.250. The molecule has 0 atom stereocenters. The van der Waals surface area contributed by atoms with Crippen molar-refractivity contribution in [1.82, 2.24) is 0 Å². The SMILES string of the molecule is Cc1ccc(S(=O)(=O)N(CCBr)c2ccc(C)c(Br)c2)cc1. The Morgan fingerprint density at radius 1 is 1.05 bits per heavy atom. The molecule has 0 saturated carbocycles. The van der Waals surface area contributed by atoms with Gasteiger partial charge in [0.05, 0.1) is 10.6 Å². The molecule has 0 heterocycles. The minimum atomic E-state index is -3.58. The number of aryl methyl sites for hydroxylation is 2. The molecule has 2 aromatic carbocycles. The summed E-state index contributed by atoms with van der Waals surface area (Å²) in [6.07, 6.45) is 0. The lowest BCUT2D eigenvalue weighted by molar-refractivity contribution is 0.592. The van der Waals surface area contributed by atoms with Crippen molar-refractivity contribution in [3.63, 3.8) is 0 Å². The highest BCUT2D eigenvalue weighted by atomic mass is 79.9. The number of hydrogen-bond donors (Lipinski definition) is 0. The van der Waals surface area contributed by atoms with E-state index in [1.54, 1.807) is 12.1 Å². The van der Waals surface area contributed by atoms with Crippen LogP contribution in [0, 0.1) is 13.8 Å². The summed E-state index contributed by atoms with van der Waals surface area (Å²) in [4.78, 5) is 0.302. The van der Waals surface area contributed by atoms with E-state index >= 15 is 0 Å². The molecule has 3 nitrogen and oxygen atoms in total. The maximum atomic E-state index is 12.9. The molecule has 2 aromatic rings. The molecule has 6 heteroatoms. The molecule has 0 aromatic heterocycles. The molecule has 22 heavy (non-hydrogen) atoms. The first kappa shape index (κ1) is 17.5. The number of anilines is 1. The van der Waals surface area contributed by atoms with Crippen molar-refractivity contribution in [2.75, 3.05) is 16.2 Å². The Labute approximate surface area is 148 Å². The molecule has 0 fully saturated rings. The first-order chi connectivity index (χ1) is 10.4. The molecule has 0 aliphatic rings.